The summed E-state index contributed by atoms with van der Waals surface area (Å²) in [6.07, 6.45) is 8.30. The van der Waals surface area contributed by atoms with Crippen LogP contribution in [0.15, 0.2) is 48.5 Å². The van der Waals surface area contributed by atoms with Gasteiger partial charge in [-0.3, -0.25) is 9.59 Å². The quantitative estimate of drug-likeness (QED) is 0.275. The molecule has 4 rings (SSSR count). The highest BCUT2D eigenvalue weighted by Crippen LogP contribution is 2.41. The summed E-state index contributed by atoms with van der Waals surface area (Å²) >= 11 is 7.21. The molecule has 2 aromatic carbocycles. The number of carbonyl (C=O) groups is 2. The zero-order valence-corrected chi connectivity index (χ0v) is 21.8. The summed E-state index contributed by atoms with van der Waals surface area (Å²) in [5, 5.41) is 0. The largest absolute Gasteiger partial charge is 0.497 e. The van der Waals surface area contributed by atoms with Gasteiger partial charge in [-0.15, -0.1) is 0 Å². The van der Waals surface area contributed by atoms with Gasteiger partial charge in [-0.1, -0.05) is 57.5 Å². The monoisotopic (exact) mass is 564 g/mol. The third kappa shape index (κ3) is 5.82. The van der Waals surface area contributed by atoms with Gasteiger partial charge in [0.25, 0.3) is 0 Å². The van der Waals surface area contributed by atoms with Gasteiger partial charge in [0.2, 0.25) is 0 Å². The standard InChI is InChI=1S/2C13H15BrO2/c2*1-16-11-6-4-10(5-7-11)12(15)13(14)8-2-3-9-13/h2*4-7H,2-3,8-9H2,1H3. The summed E-state index contributed by atoms with van der Waals surface area (Å²) in [6, 6.07) is 14.7. The summed E-state index contributed by atoms with van der Waals surface area (Å²) in [7, 11) is 3.25. The normalized spacial score (nSPS) is 18.4. The van der Waals surface area contributed by atoms with Crippen LogP contribution in [0.5, 0.6) is 11.5 Å². The van der Waals surface area contributed by atoms with E-state index in [4.69, 9.17) is 9.47 Å². The van der Waals surface area contributed by atoms with E-state index in [0.717, 1.165) is 74.0 Å². The van der Waals surface area contributed by atoms with E-state index in [2.05, 4.69) is 31.9 Å². The molecule has 0 aliphatic heterocycles. The number of Topliss-reactive ketones (excluding diaryl/α,β-unsaturated/α-hetero) is 2. The molecule has 4 nitrogen and oxygen atoms in total. The van der Waals surface area contributed by atoms with Crippen molar-refractivity contribution in [3.63, 3.8) is 0 Å². The molecular formula is C26H30Br2O4. The molecule has 2 aliphatic rings. The molecule has 0 radical (unpaired) electrons. The van der Waals surface area contributed by atoms with Gasteiger partial charge in [-0.2, -0.15) is 0 Å². The molecule has 2 saturated carbocycles. The average molecular weight is 566 g/mol. The molecule has 0 saturated heterocycles. The van der Waals surface area contributed by atoms with Crippen molar-refractivity contribution >= 4 is 43.4 Å². The van der Waals surface area contributed by atoms with Crippen molar-refractivity contribution in [2.45, 2.75) is 60.0 Å². The van der Waals surface area contributed by atoms with Crippen LogP contribution in [0, 0.1) is 0 Å². The maximum atomic E-state index is 12.3. The lowest BCUT2D eigenvalue weighted by Gasteiger charge is -2.19. The van der Waals surface area contributed by atoms with E-state index in [1.165, 1.54) is 0 Å². The first-order valence-electron chi connectivity index (χ1n) is 11.1. The van der Waals surface area contributed by atoms with Gasteiger partial charge >= 0.3 is 0 Å². The number of carbonyl (C=O) groups excluding carboxylic acids is 2. The Morgan fingerprint density at radius 2 is 0.906 bits per heavy atom. The molecule has 0 bridgehead atoms. The Labute approximate surface area is 207 Å². The van der Waals surface area contributed by atoms with Gasteiger partial charge < -0.3 is 9.47 Å². The van der Waals surface area contributed by atoms with Crippen LogP contribution in [-0.2, 0) is 0 Å². The molecule has 0 heterocycles. The molecule has 0 N–H and O–H groups in total. The maximum Gasteiger partial charge on any atom is 0.179 e. The van der Waals surface area contributed by atoms with E-state index < -0.39 is 0 Å². The molecule has 0 atom stereocenters. The lowest BCUT2D eigenvalue weighted by Crippen LogP contribution is -2.28. The van der Waals surface area contributed by atoms with Crippen LogP contribution in [0.25, 0.3) is 0 Å². The van der Waals surface area contributed by atoms with E-state index in [-0.39, 0.29) is 20.2 Å². The smallest absolute Gasteiger partial charge is 0.179 e. The zero-order valence-electron chi connectivity index (χ0n) is 18.7. The van der Waals surface area contributed by atoms with Gasteiger partial charge in [0, 0.05) is 11.1 Å². The van der Waals surface area contributed by atoms with E-state index >= 15 is 0 Å². The van der Waals surface area contributed by atoms with Crippen molar-refractivity contribution < 1.29 is 19.1 Å². The molecule has 0 spiro atoms. The number of ether oxygens (including phenoxy) is 2. The Morgan fingerprint density at radius 1 is 0.625 bits per heavy atom. The lowest BCUT2D eigenvalue weighted by molar-refractivity contribution is 0.0941. The van der Waals surface area contributed by atoms with Crippen LogP contribution in [0.3, 0.4) is 0 Å². The minimum Gasteiger partial charge on any atom is -0.497 e. The summed E-state index contributed by atoms with van der Waals surface area (Å²) in [5.74, 6) is 1.97. The number of rotatable bonds is 6. The third-order valence-corrected chi connectivity index (χ3v) is 8.62. The number of alkyl halides is 2. The van der Waals surface area contributed by atoms with Gasteiger partial charge in [0.1, 0.15) is 11.5 Å². The fraction of sp³-hybridized carbons (Fsp3) is 0.462. The molecule has 2 fully saturated rings. The lowest BCUT2D eigenvalue weighted by atomic mass is 9.96. The van der Waals surface area contributed by atoms with E-state index in [1.807, 2.05) is 48.5 Å². The fourth-order valence-corrected chi connectivity index (χ4v) is 5.91. The number of ketones is 2. The number of benzene rings is 2. The Bertz CT molecular complexity index is 832. The summed E-state index contributed by atoms with van der Waals surface area (Å²) in [4.78, 5) is 24.6. The van der Waals surface area contributed by atoms with Gasteiger partial charge in [-0.25, -0.2) is 0 Å². The molecule has 0 amide bonds. The molecule has 0 unspecified atom stereocenters. The zero-order chi connectivity index (χ0) is 23.2. The second-order valence-electron chi connectivity index (χ2n) is 8.46. The van der Waals surface area contributed by atoms with Crippen LogP contribution in [0.4, 0.5) is 0 Å². The Kier molecular flexibility index (Phi) is 8.56. The summed E-state index contributed by atoms with van der Waals surface area (Å²) < 4.78 is 9.52. The fourth-order valence-electron chi connectivity index (χ4n) is 4.33. The van der Waals surface area contributed by atoms with E-state index in [9.17, 15) is 9.59 Å². The first kappa shape index (κ1) is 25.0. The van der Waals surface area contributed by atoms with E-state index in [1.54, 1.807) is 14.2 Å². The number of hydrogen-bond donors (Lipinski definition) is 0. The third-order valence-electron chi connectivity index (χ3n) is 6.31. The Hall–Kier alpha value is -1.66. The first-order valence-corrected chi connectivity index (χ1v) is 12.7. The molecule has 0 aromatic heterocycles. The van der Waals surface area contributed by atoms with Crippen LogP contribution < -0.4 is 9.47 Å². The topological polar surface area (TPSA) is 52.6 Å². The summed E-state index contributed by atoms with van der Waals surface area (Å²) in [6.45, 7) is 0. The van der Waals surface area contributed by atoms with Crippen LogP contribution in [-0.4, -0.2) is 34.4 Å². The highest BCUT2D eigenvalue weighted by atomic mass is 79.9. The average Bonchev–Trinajstić information content (AvgIpc) is 3.48. The number of hydrogen-bond acceptors (Lipinski definition) is 4. The van der Waals surface area contributed by atoms with Crippen molar-refractivity contribution in [1.29, 1.82) is 0 Å². The maximum absolute atomic E-state index is 12.3. The second-order valence-corrected chi connectivity index (χ2v) is 11.5. The predicted octanol–water partition coefficient (Wildman–Crippen LogP) is 7.17. The van der Waals surface area contributed by atoms with E-state index in [0.29, 0.717) is 0 Å². The molecule has 6 heteroatoms. The molecule has 2 aromatic rings. The molecule has 172 valence electrons. The van der Waals surface area contributed by atoms with Gasteiger partial charge in [-0.05, 0) is 74.2 Å². The van der Waals surface area contributed by atoms with Gasteiger partial charge in [0.15, 0.2) is 11.6 Å². The van der Waals surface area contributed by atoms with Crippen LogP contribution in [0.1, 0.15) is 72.1 Å². The minimum atomic E-state index is -0.318. The van der Waals surface area contributed by atoms with Crippen molar-refractivity contribution in [3.05, 3.63) is 59.7 Å². The van der Waals surface area contributed by atoms with Crippen LogP contribution in [0.2, 0.25) is 0 Å². The van der Waals surface area contributed by atoms with Gasteiger partial charge in [0.05, 0.1) is 22.9 Å². The summed E-state index contributed by atoms with van der Waals surface area (Å²) in [5.41, 5.74) is 1.53. The van der Waals surface area contributed by atoms with Crippen molar-refractivity contribution in [2.24, 2.45) is 0 Å². The number of methoxy groups -OCH3 is 2. The highest BCUT2D eigenvalue weighted by Gasteiger charge is 2.39. The highest BCUT2D eigenvalue weighted by molar-refractivity contribution is 9.10. The molecular weight excluding hydrogens is 536 g/mol. The number of halogens is 2. The van der Waals surface area contributed by atoms with Crippen molar-refractivity contribution in [3.8, 4) is 11.5 Å². The van der Waals surface area contributed by atoms with Crippen molar-refractivity contribution in [2.75, 3.05) is 14.2 Å². The SMILES string of the molecule is COc1ccc(C(=O)C2(Br)CCCC2)cc1.COc1ccc(C(=O)C2(Br)CCCC2)cc1. The minimum absolute atomic E-state index is 0.202. The van der Waals surface area contributed by atoms with Crippen LogP contribution >= 0.6 is 31.9 Å². The molecule has 2 aliphatic carbocycles. The first-order chi connectivity index (χ1) is 15.3. The Morgan fingerprint density at radius 3 is 1.16 bits per heavy atom. The second kappa shape index (κ2) is 11.0. The molecule has 32 heavy (non-hydrogen) atoms. The predicted molar refractivity (Wildman–Crippen MR) is 135 cm³/mol. The Balaban J connectivity index is 0.000000181. The van der Waals surface area contributed by atoms with Crippen molar-refractivity contribution in [1.82, 2.24) is 0 Å².